The Morgan fingerprint density at radius 1 is 1.55 bits per heavy atom. The molecule has 0 unspecified atom stereocenters. The average molecular weight is 356 g/mol. The van der Waals surface area contributed by atoms with Crippen LogP contribution < -0.4 is 10.1 Å². The number of methoxy groups -OCH3 is 1. The predicted octanol–water partition coefficient (Wildman–Crippen LogP) is 3.77. The van der Waals surface area contributed by atoms with Crippen molar-refractivity contribution in [2.45, 2.75) is 4.34 Å². The van der Waals surface area contributed by atoms with Crippen molar-refractivity contribution in [1.29, 1.82) is 0 Å². The maximum Gasteiger partial charge on any atom is 0.206 e. The van der Waals surface area contributed by atoms with Gasteiger partial charge >= 0.3 is 0 Å². The summed E-state index contributed by atoms with van der Waals surface area (Å²) in [6, 6.07) is 4.99. The molecule has 8 heteroatoms. The maximum atomic E-state index is 12.2. The molecule has 1 N–H and O–H groups in total. The number of ether oxygens (including phenoxy) is 1. The molecule has 1 heterocycles. The first kappa shape index (κ1) is 16.8. The van der Waals surface area contributed by atoms with E-state index in [0.717, 1.165) is 4.34 Å². The Labute approximate surface area is 141 Å². The zero-order valence-electron chi connectivity index (χ0n) is 11.8. The molecule has 1 aromatic heterocycles. The van der Waals surface area contributed by atoms with Gasteiger partial charge in [-0.25, -0.2) is 0 Å². The SMILES string of the molecule is C=CCNc1nnc(SCC(=O)c2ccc(OC)c(Cl)c2)s1. The van der Waals surface area contributed by atoms with Gasteiger partial charge in [-0.15, -0.1) is 16.8 Å². The fourth-order valence-electron chi connectivity index (χ4n) is 1.55. The third-order valence-corrected chi connectivity index (χ3v) is 4.91. The Kier molecular flexibility index (Phi) is 6.23. The first-order valence-electron chi connectivity index (χ1n) is 6.32. The molecule has 0 spiro atoms. The lowest BCUT2D eigenvalue weighted by atomic mass is 10.1. The van der Waals surface area contributed by atoms with Crippen LogP contribution in [-0.2, 0) is 0 Å². The molecule has 116 valence electrons. The Hall–Kier alpha value is -1.57. The number of nitrogens with zero attached hydrogens (tertiary/aromatic N) is 2. The highest BCUT2D eigenvalue weighted by atomic mass is 35.5. The number of carbonyl (C=O) groups excluding carboxylic acids is 1. The molecule has 0 atom stereocenters. The molecule has 22 heavy (non-hydrogen) atoms. The Balaban J connectivity index is 1.93. The molecule has 0 radical (unpaired) electrons. The normalized spacial score (nSPS) is 10.3. The summed E-state index contributed by atoms with van der Waals surface area (Å²) in [5.41, 5.74) is 0.549. The number of nitrogens with one attached hydrogen (secondary N) is 1. The average Bonchev–Trinajstić information content (AvgIpc) is 2.98. The highest BCUT2D eigenvalue weighted by Gasteiger charge is 2.12. The van der Waals surface area contributed by atoms with E-state index in [1.165, 1.54) is 30.2 Å². The third kappa shape index (κ3) is 4.46. The van der Waals surface area contributed by atoms with Gasteiger partial charge in [-0.05, 0) is 18.2 Å². The maximum absolute atomic E-state index is 12.2. The second-order valence-electron chi connectivity index (χ2n) is 4.10. The van der Waals surface area contributed by atoms with E-state index in [-0.39, 0.29) is 11.5 Å². The largest absolute Gasteiger partial charge is 0.495 e. The molecule has 5 nitrogen and oxygen atoms in total. The molecule has 0 fully saturated rings. The smallest absolute Gasteiger partial charge is 0.206 e. The number of Topliss-reactive ketones (excluding diaryl/α,β-unsaturated/α-hetero) is 1. The Bertz CT molecular complexity index is 676. The Morgan fingerprint density at radius 2 is 2.36 bits per heavy atom. The van der Waals surface area contributed by atoms with E-state index in [1.807, 2.05) is 0 Å². The van der Waals surface area contributed by atoms with Gasteiger partial charge in [0.15, 0.2) is 10.1 Å². The number of ketones is 1. The summed E-state index contributed by atoms with van der Waals surface area (Å²) < 4.78 is 5.80. The first-order valence-corrected chi connectivity index (χ1v) is 8.50. The van der Waals surface area contributed by atoms with Crippen LogP contribution in [0, 0.1) is 0 Å². The van der Waals surface area contributed by atoms with Crippen LogP contribution in [0.4, 0.5) is 5.13 Å². The lowest BCUT2D eigenvalue weighted by molar-refractivity contribution is 0.102. The number of aromatic nitrogens is 2. The van der Waals surface area contributed by atoms with Crippen molar-refractivity contribution in [2.24, 2.45) is 0 Å². The quantitative estimate of drug-likeness (QED) is 0.441. The standard InChI is InChI=1S/C14H14ClN3O2S2/c1-3-6-16-13-17-18-14(22-13)21-8-11(19)9-4-5-12(20-2)10(15)7-9/h3-5,7H,1,6,8H2,2H3,(H,16,17). The number of carbonyl (C=O) groups is 1. The van der Waals surface area contributed by atoms with Gasteiger partial charge in [0.1, 0.15) is 5.75 Å². The summed E-state index contributed by atoms with van der Waals surface area (Å²) in [4.78, 5) is 12.2. The minimum atomic E-state index is -0.0228. The number of benzene rings is 1. The van der Waals surface area contributed by atoms with Gasteiger partial charge in [-0.1, -0.05) is 40.8 Å². The second-order valence-corrected chi connectivity index (χ2v) is 6.71. The summed E-state index contributed by atoms with van der Waals surface area (Å²) in [5, 5.41) is 12.2. The molecule has 1 aromatic carbocycles. The van der Waals surface area contributed by atoms with E-state index >= 15 is 0 Å². The number of rotatable bonds is 8. The summed E-state index contributed by atoms with van der Waals surface area (Å²) in [6.45, 7) is 4.25. The molecule has 0 aliphatic rings. The van der Waals surface area contributed by atoms with Gasteiger partial charge in [0.2, 0.25) is 5.13 Å². The molecule has 0 saturated carbocycles. The van der Waals surface area contributed by atoms with E-state index in [0.29, 0.717) is 28.0 Å². The topological polar surface area (TPSA) is 64.1 Å². The number of anilines is 1. The van der Waals surface area contributed by atoms with Crippen LogP contribution in [0.25, 0.3) is 0 Å². The van der Waals surface area contributed by atoms with Gasteiger partial charge in [0, 0.05) is 12.1 Å². The summed E-state index contributed by atoms with van der Waals surface area (Å²) in [6.07, 6.45) is 1.74. The van der Waals surface area contributed by atoms with Crippen molar-refractivity contribution >= 4 is 45.6 Å². The van der Waals surface area contributed by atoms with Crippen LogP contribution in [0.2, 0.25) is 5.02 Å². The minimum absolute atomic E-state index is 0.0228. The van der Waals surface area contributed by atoms with Gasteiger partial charge in [-0.3, -0.25) is 4.79 Å². The fourth-order valence-corrected chi connectivity index (χ4v) is 3.46. The van der Waals surface area contributed by atoms with Crippen molar-refractivity contribution < 1.29 is 9.53 Å². The van der Waals surface area contributed by atoms with Crippen LogP contribution in [0.3, 0.4) is 0 Å². The number of halogens is 1. The van der Waals surface area contributed by atoms with Crippen molar-refractivity contribution in [2.75, 3.05) is 24.7 Å². The molecule has 0 aliphatic heterocycles. The van der Waals surface area contributed by atoms with Gasteiger partial charge in [0.05, 0.1) is 17.9 Å². The molecular weight excluding hydrogens is 342 g/mol. The molecule has 0 saturated heterocycles. The molecule has 2 rings (SSSR count). The van der Waals surface area contributed by atoms with Crippen LogP contribution in [0.15, 0.2) is 35.2 Å². The van der Waals surface area contributed by atoms with E-state index in [2.05, 4.69) is 22.1 Å². The zero-order chi connectivity index (χ0) is 15.9. The van der Waals surface area contributed by atoms with Crippen molar-refractivity contribution in [3.05, 3.63) is 41.4 Å². The lowest BCUT2D eigenvalue weighted by Gasteiger charge is -2.04. The molecular formula is C14H14ClN3O2S2. The van der Waals surface area contributed by atoms with E-state index in [9.17, 15) is 4.79 Å². The first-order chi connectivity index (χ1) is 10.6. The van der Waals surface area contributed by atoms with Crippen molar-refractivity contribution in [3.63, 3.8) is 0 Å². The van der Waals surface area contributed by atoms with Crippen molar-refractivity contribution in [1.82, 2.24) is 10.2 Å². The summed E-state index contributed by atoms with van der Waals surface area (Å²) >= 11 is 8.77. The molecule has 0 amide bonds. The highest BCUT2D eigenvalue weighted by molar-refractivity contribution is 8.01. The van der Waals surface area contributed by atoms with Crippen LogP contribution in [-0.4, -0.2) is 35.4 Å². The monoisotopic (exact) mass is 355 g/mol. The highest BCUT2D eigenvalue weighted by Crippen LogP contribution is 2.28. The number of hydrogen-bond donors (Lipinski definition) is 1. The second kappa shape index (κ2) is 8.17. The lowest BCUT2D eigenvalue weighted by Crippen LogP contribution is -2.02. The predicted molar refractivity (Wildman–Crippen MR) is 91.7 cm³/mol. The van der Waals surface area contributed by atoms with E-state index in [1.54, 1.807) is 24.3 Å². The van der Waals surface area contributed by atoms with Crippen LogP contribution in [0.1, 0.15) is 10.4 Å². The number of thioether (sulfide) groups is 1. The fraction of sp³-hybridized carbons (Fsp3) is 0.214. The molecule has 2 aromatic rings. The molecule has 0 bridgehead atoms. The van der Waals surface area contributed by atoms with Crippen LogP contribution >= 0.6 is 34.7 Å². The third-order valence-electron chi connectivity index (χ3n) is 2.60. The zero-order valence-corrected chi connectivity index (χ0v) is 14.2. The van der Waals surface area contributed by atoms with Crippen LogP contribution in [0.5, 0.6) is 5.75 Å². The Morgan fingerprint density at radius 3 is 3.05 bits per heavy atom. The summed E-state index contributed by atoms with van der Waals surface area (Å²) in [5.74, 6) is 0.803. The number of hydrogen-bond acceptors (Lipinski definition) is 7. The van der Waals surface area contributed by atoms with Gasteiger partial charge < -0.3 is 10.1 Å². The van der Waals surface area contributed by atoms with Gasteiger partial charge in [0.25, 0.3) is 0 Å². The van der Waals surface area contributed by atoms with Gasteiger partial charge in [-0.2, -0.15) is 0 Å². The van der Waals surface area contributed by atoms with E-state index in [4.69, 9.17) is 16.3 Å². The molecule has 0 aliphatic carbocycles. The summed E-state index contributed by atoms with van der Waals surface area (Å²) in [7, 11) is 1.53. The minimum Gasteiger partial charge on any atom is -0.495 e. The van der Waals surface area contributed by atoms with E-state index < -0.39 is 0 Å². The van der Waals surface area contributed by atoms with Crippen molar-refractivity contribution in [3.8, 4) is 5.75 Å².